The number of methoxy groups -OCH3 is 1. The molecule has 0 heterocycles. The minimum atomic E-state index is -0.155. The fraction of sp³-hybridized carbons (Fsp3) is 0.600. The first kappa shape index (κ1) is 16.6. The third-order valence-electron chi connectivity index (χ3n) is 3.26. The van der Waals surface area contributed by atoms with Crippen molar-refractivity contribution in [3.05, 3.63) is 34.1 Å². The Kier molecular flexibility index (Phi) is 7.57. The Balaban J connectivity index is 2.83. The van der Waals surface area contributed by atoms with Crippen LogP contribution in [0.15, 0.2) is 22.7 Å². The molecular weight excluding hydrogens is 309 g/mol. The van der Waals surface area contributed by atoms with Gasteiger partial charge in [-0.05, 0) is 49.6 Å². The molecular formula is C15H23BrFNO. The summed E-state index contributed by atoms with van der Waals surface area (Å²) in [6.07, 6.45) is 2.70. The molecule has 0 aliphatic rings. The molecule has 1 aromatic carbocycles. The van der Waals surface area contributed by atoms with Crippen molar-refractivity contribution in [3.63, 3.8) is 0 Å². The second-order valence-corrected chi connectivity index (χ2v) is 5.60. The Morgan fingerprint density at radius 1 is 1.37 bits per heavy atom. The molecule has 1 rings (SSSR count). The van der Waals surface area contributed by atoms with Gasteiger partial charge in [0.1, 0.15) is 5.82 Å². The van der Waals surface area contributed by atoms with E-state index in [1.165, 1.54) is 6.07 Å². The second-order valence-electron chi connectivity index (χ2n) is 4.68. The summed E-state index contributed by atoms with van der Waals surface area (Å²) >= 11 is 3.39. The van der Waals surface area contributed by atoms with Crippen molar-refractivity contribution in [3.8, 4) is 0 Å². The van der Waals surface area contributed by atoms with Gasteiger partial charge >= 0.3 is 0 Å². The number of ether oxygens (including phenoxy) is 1. The minimum absolute atomic E-state index is 0.102. The van der Waals surface area contributed by atoms with Gasteiger partial charge < -0.3 is 10.1 Å². The summed E-state index contributed by atoms with van der Waals surface area (Å²) in [7, 11) is 1.71. The van der Waals surface area contributed by atoms with Gasteiger partial charge in [-0.25, -0.2) is 4.39 Å². The van der Waals surface area contributed by atoms with Crippen LogP contribution in [0.3, 0.4) is 0 Å². The summed E-state index contributed by atoms with van der Waals surface area (Å²) in [6, 6.07) is 5.21. The third-order valence-corrected chi connectivity index (χ3v) is 3.75. The standard InChI is InChI=1S/C15H23BrFNO/c1-4-8-18-14(15(5-2)19-3)10-11-9-12(16)6-7-13(11)17/h6-7,9,14-15,18H,4-5,8,10H2,1-3H3. The fourth-order valence-corrected chi connectivity index (χ4v) is 2.63. The van der Waals surface area contributed by atoms with Gasteiger partial charge in [0.05, 0.1) is 6.10 Å². The SMILES string of the molecule is CCCNC(Cc1cc(Br)ccc1F)C(CC)OC. The number of hydrogen-bond donors (Lipinski definition) is 1. The molecule has 2 atom stereocenters. The molecule has 0 aliphatic carbocycles. The molecule has 0 fully saturated rings. The third kappa shape index (κ3) is 5.21. The lowest BCUT2D eigenvalue weighted by Gasteiger charge is -2.26. The number of nitrogens with one attached hydrogen (secondary N) is 1. The molecule has 0 saturated carbocycles. The summed E-state index contributed by atoms with van der Waals surface area (Å²) in [5.74, 6) is -0.155. The zero-order valence-corrected chi connectivity index (χ0v) is 13.5. The van der Waals surface area contributed by atoms with Gasteiger partial charge in [-0.3, -0.25) is 0 Å². The molecule has 0 amide bonds. The molecule has 0 spiro atoms. The first-order valence-corrected chi connectivity index (χ1v) is 7.61. The lowest BCUT2D eigenvalue weighted by molar-refractivity contribution is 0.0651. The first-order valence-electron chi connectivity index (χ1n) is 6.82. The normalized spacial score (nSPS) is 14.4. The van der Waals surface area contributed by atoms with Gasteiger partial charge in [0.2, 0.25) is 0 Å². The molecule has 4 heteroatoms. The maximum Gasteiger partial charge on any atom is 0.126 e. The van der Waals surface area contributed by atoms with E-state index in [1.807, 2.05) is 6.07 Å². The molecule has 2 unspecified atom stereocenters. The van der Waals surface area contributed by atoms with Gasteiger partial charge in [0.25, 0.3) is 0 Å². The van der Waals surface area contributed by atoms with Crippen molar-refractivity contribution in [2.45, 2.75) is 45.3 Å². The van der Waals surface area contributed by atoms with Gasteiger partial charge in [-0.15, -0.1) is 0 Å². The Morgan fingerprint density at radius 2 is 2.11 bits per heavy atom. The average Bonchev–Trinajstić information content (AvgIpc) is 2.41. The predicted octanol–water partition coefficient (Wildman–Crippen LogP) is 3.92. The van der Waals surface area contributed by atoms with Crippen molar-refractivity contribution < 1.29 is 9.13 Å². The highest BCUT2D eigenvalue weighted by Gasteiger charge is 2.20. The highest BCUT2D eigenvalue weighted by atomic mass is 79.9. The van der Waals surface area contributed by atoms with Gasteiger partial charge in [-0.2, -0.15) is 0 Å². The summed E-state index contributed by atoms with van der Waals surface area (Å²) < 4.78 is 20.2. The molecule has 19 heavy (non-hydrogen) atoms. The van der Waals surface area contributed by atoms with E-state index in [9.17, 15) is 4.39 Å². The monoisotopic (exact) mass is 331 g/mol. The molecule has 1 aromatic rings. The maximum atomic E-state index is 13.8. The number of rotatable bonds is 8. The Bertz CT molecular complexity index is 382. The Labute approximate surface area is 123 Å². The zero-order valence-electron chi connectivity index (χ0n) is 11.9. The number of halogens is 2. The van der Waals surface area contributed by atoms with Crippen molar-refractivity contribution in [2.75, 3.05) is 13.7 Å². The summed E-state index contributed by atoms with van der Waals surface area (Å²) in [5, 5.41) is 3.46. The van der Waals surface area contributed by atoms with Gasteiger partial charge in [0.15, 0.2) is 0 Å². The fourth-order valence-electron chi connectivity index (χ4n) is 2.22. The van der Waals surface area contributed by atoms with Crippen molar-refractivity contribution in [1.82, 2.24) is 5.32 Å². The lowest BCUT2D eigenvalue weighted by atomic mass is 9.99. The van der Waals surface area contributed by atoms with Crippen molar-refractivity contribution in [1.29, 1.82) is 0 Å². The number of hydrogen-bond acceptors (Lipinski definition) is 2. The molecule has 0 aliphatic heterocycles. The molecule has 0 saturated heterocycles. The molecule has 0 radical (unpaired) electrons. The van der Waals surface area contributed by atoms with Crippen molar-refractivity contribution >= 4 is 15.9 Å². The highest BCUT2D eigenvalue weighted by Crippen LogP contribution is 2.19. The minimum Gasteiger partial charge on any atom is -0.380 e. The van der Waals surface area contributed by atoms with Gasteiger partial charge in [0, 0.05) is 17.6 Å². The summed E-state index contributed by atoms with van der Waals surface area (Å²) in [6.45, 7) is 5.13. The molecule has 0 bridgehead atoms. The summed E-state index contributed by atoms with van der Waals surface area (Å²) in [4.78, 5) is 0. The van der Waals surface area contributed by atoms with E-state index in [-0.39, 0.29) is 18.0 Å². The van der Waals surface area contributed by atoms with Crippen LogP contribution in [0.5, 0.6) is 0 Å². The topological polar surface area (TPSA) is 21.3 Å². The van der Waals surface area contributed by atoms with E-state index >= 15 is 0 Å². The molecule has 108 valence electrons. The van der Waals surface area contributed by atoms with Crippen LogP contribution in [0, 0.1) is 5.82 Å². The largest absolute Gasteiger partial charge is 0.380 e. The maximum absolute atomic E-state index is 13.8. The van der Waals surface area contributed by atoms with Crippen LogP contribution in [0.4, 0.5) is 4.39 Å². The number of benzene rings is 1. The quantitative estimate of drug-likeness (QED) is 0.779. The van der Waals surface area contributed by atoms with E-state index < -0.39 is 0 Å². The Hall–Kier alpha value is -0.450. The van der Waals surface area contributed by atoms with Crippen molar-refractivity contribution in [2.24, 2.45) is 0 Å². The highest BCUT2D eigenvalue weighted by molar-refractivity contribution is 9.10. The van der Waals surface area contributed by atoms with Crippen LogP contribution < -0.4 is 5.32 Å². The van der Waals surface area contributed by atoms with Crippen LogP contribution in [0.2, 0.25) is 0 Å². The van der Waals surface area contributed by atoms with Crippen LogP contribution >= 0.6 is 15.9 Å². The van der Waals surface area contributed by atoms with E-state index in [1.54, 1.807) is 13.2 Å². The zero-order chi connectivity index (χ0) is 14.3. The van der Waals surface area contributed by atoms with E-state index in [4.69, 9.17) is 4.74 Å². The van der Waals surface area contributed by atoms with E-state index in [0.29, 0.717) is 6.42 Å². The van der Waals surface area contributed by atoms with E-state index in [2.05, 4.69) is 35.1 Å². The lowest BCUT2D eigenvalue weighted by Crippen LogP contribution is -2.42. The van der Waals surface area contributed by atoms with Crippen LogP contribution in [0.1, 0.15) is 32.3 Å². The van der Waals surface area contributed by atoms with Gasteiger partial charge in [-0.1, -0.05) is 29.8 Å². The average molecular weight is 332 g/mol. The first-order chi connectivity index (χ1) is 9.12. The Morgan fingerprint density at radius 3 is 2.68 bits per heavy atom. The van der Waals surface area contributed by atoms with Crippen LogP contribution in [-0.2, 0) is 11.2 Å². The van der Waals surface area contributed by atoms with Crippen LogP contribution in [-0.4, -0.2) is 25.8 Å². The smallest absolute Gasteiger partial charge is 0.126 e. The molecule has 1 N–H and O–H groups in total. The second kappa shape index (κ2) is 8.67. The predicted molar refractivity (Wildman–Crippen MR) is 81.0 cm³/mol. The molecule has 0 aromatic heterocycles. The molecule has 2 nitrogen and oxygen atoms in total. The summed E-state index contributed by atoms with van der Waals surface area (Å²) in [5.41, 5.74) is 0.721. The van der Waals surface area contributed by atoms with Crippen LogP contribution in [0.25, 0.3) is 0 Å². The van der Waals surface area contributed by atoms with E-state index in [0.717, 1.165) is 29.4 Å².